The second kappa shape index (κ2) is 6.06. The van der Waals surface area contributed by atoms with Gasteiger partial charge in [-0.3, -0.25) is 9.58 Å². The number of piperazine rings is 1. The van der Waals surface area contributed by atoms with Gasteiger partial charge in [0.05, 0.1) is 23.5 Å². The van der Waals surface area contributed by atoms with E-state index in [2.05, 4.69) is 38.3 Å². The summed E-state index contributed by atoms with van der Waals surface area (Å²) in [7, 11) is 1.94. The van der Waals surface area contributed by atoms with Crippen molar-refractivity contribution in [1.82, 2.24) is 24.3 Å². The Balaban J connectivity index is 1.31. The van der Waals surface area contributed by atoms with Crippen LogP contribution in [0.15, 0.2) is 36.9 Å². The van der Waals surface area contributed by atoms with Crippen molar-refractivity contribution in [3.8, 4) is 11.1 Å². The van der Waals surface area contributed by atoms with Crippen LogP contribution in [0.2, 0.25) is 0 Å². The molecule has 3 fully saturated rings. The minimum absolute atomic E-state index is 0.0751. The highest BCUT2D eigenvalue weighted by molar-refractivity contribution is 5.79. The van der Waals surface area contributed by atoms with E-state index in [0.717, 1.165) is 42.6 Å². The molecule has 1 aliphatic carbocycles. The van der Waals surface area contributed by atoms with Crippen LogP contribution in [-0.4, -0.2) is 66.7 Å². The van der Waals surface area contributed by atoms with Crippen LogP contribution < -0.4 is 4.90 Å². The molecule has 146 valence electrons. The molecule has 2 unspecified atom stereocenters. The van der Waals surface area contributed by atoms with Gasteiger partial charge in [-0.05, 0) is 37.8 Å². The molecule has 0 amide bonds. The monoisotopic (exact) mass is 378 g/mol. The third-order valence-corrected chi connectivity index (χ3v) is 6.91. The highest BCUT2D eigenvalue weighted by atomic mass is 16.3. The molecule has 0 aromatic carbocycles. The van der Waals surface area contributed by atoms with E-state index < -0.39 is 0 Å². The van der Waals surface area contributed by atoms with Gasteiger partial charge in [0.15, 0.2) is 0 Å². The fourth-order valence-electron chi connectivity index (χ4n) is 5.53. The average molecular weight is 378 g/mol. The van der Waals surface area contributed by atoms with E-state index in [9.17, 15) is 5.11 Å². The summed E-state index contributed by atoms with van der Waals surface area (Å²) < 4.78 is 3.83. The Morgan fingerprint density at radius 3 is 2.46 bits per heavy atom. The van der Waals surface area contributed by atoms with E-state index in [1.165, 1.54) is 18.5 Å². The third kappa shape index (κ3) is 2.49. The predicted octanol–water partition coefficient (Wildman–Crippen LogP) is 1.91. The maximum Gasteiger partial charge on any atom is 0.0886 e. The zero-order valence-electron chi connectivity index (χ0n) is 16.1. The van der Waals surface area contributed by atoms with Gasteiger partial charge in [0.25, 0.3) is 0 Å². The van der Waals surface area contributed by atoms with Gasteiger partial charge < -0.3 is 10.0 Å². The Kier molecular flexibility index (Phi) is 3.58. The summed E-state index contributed by atoms with van der Waals surface area (Å²) >= 11 is 0. The maximum atomic E-state index is 9.74. The molecule has 2 atom stereocenters. The molecule has 1 saturated carbocycles. The van der Waals surface area contributed by atoms with E-state index >= 15 is 0 Å². The van der Waals surface area contributed by atoms with Crippen molar-refractivity contribution in [2.75, 3.05) is 18.0 Å². The summed E-state index contributed by atoms with van der Waals surface area (Å²) in [5.41, 5.74) is 4.70. The molecule has 3 aliphatic rings. The summed E-state index contributed by atoms with van der Waals surface area (Å²) in [6.07, 6.45) is 12.3. The van der Waals surface area contributed by atoms with Crippen LogP contribution in [0.1, 0.15) is 25.7 Å². The van der Waals surface area contributed by atoms with Crippen molar-refractivity contribution >= 4 is 11.2 Å². The maximum absolute atomic E-state index is 9.74. The number of fused-ring (bicyclic) bond motifs is 3. The first-order chi connectivity index (χ1) is 13.7. The molecule has 2 bridgehead atoms. The summed E-state index contributed by atoms with van der Waals surface area (Å²) in [5, 5.41) is 18.6. The first-order valence-electron chi connectivity index (χ1n) is 10.3. The average Bonchev–Trinajstić information content (AvgIpc) is 3.34. The lowest BCUT2D eigenvalue weighted by Gasteiger charge is -2.50. The number of anilines is 1. The van der Waals surface area contributed by atoms with Crippen LogP contribution >= 0.6 is 0 Å². The van der Waals surface area contributed by atoms with E-state index in [-0.39, 0.29) is 6.10 Å². The highest BCUT2D eigenvalue weighted by Gasteiger charge is 2.46. The predicted molar refractivity (Wildman–Crippen MR) is 107 cm³/mol. The lowest BCUT2D eigenvalue weighted by Crippen LogP contribution is -2.60. The number of rotatable bonds is 3. The fraction of sp³-hybridized carbons (Fsp3) is 0.524. The molecule has 3 aromatic rings. The summed E-state index contributed by atoms with van der Waals surface area (Å²) in [6.45, 7) is 2.13. The molecule has 3 aromatic heterocycles. The second-order valence-electron chi connectivity index (χ2n) is 8.69. The number of aliphatic hydroxyl groups is 1. The van der Waals surface area contributed by atoms with Crippen LogP contribution in [0.3, 0.4) is 0 Å². The number of hydrogen-bond donors (Lipinski definition) is 1. The standard InChI is InChI=1S/C21H26N6O/c1-24-10-15(9-23-24)14-6-21-20(4-5-22-26(21)11-14)25-12-16-2-3-17(13-25)27(16)18-7-19(28)8-18/h4-6,9-11,16-19,28H,2-3,7-8,12-13H2,1H3. The Bertz CT molecular complexity index is 1010. The molecule has 28 heavy (non-hydrogen) atoms. The third-order valence-electron chi connectivity index (χ3n) is 6.91. The normalized spacial score (nSPS) is 30.1. The van der Waals surface area contributed by atoms with Crippen LogP contribution in [-0.2, 0) is 7.05 Å². The van der Waals surface area contributed by atoms with Crippen molar-refractivity contribution in [3.05, 3.63) is 36.9 Å². The highest BCUT2D eigenvalue weighted by Crippen LogP contribution is 2.40. The largest absolute Gasteiger partial charge is 0.393 e. The molecule has 7 nitrogen and oxygen atoms in total. The number of aromatic nitrogens is 4. The number of aryl methyl sites for hydroxylation is 1. The van der Waals surface area contributed by atoms with Gasteiger partial charge in [-0.25, -0.2) is 4.52 Å². The van der Waals surface area contributed by atoms with E-state index in [1.807, 2.05) is 34.8 Å². The van der Waals surface area contributed by atoms with Gasteiger partial charge in [-0.1, -0.05) is 0 Å². The molecule has 0 radical (unpaired) electrons. The Hall–Kier alpha value is -2.38. The van der Waals surface area contributed by atoms with Gasteiger partial charge in [-0.15, -0.1) is 0 Å². The number of aliphatic hydroxyl groups excluding tert-OH is 1. The zero-order chi connectivity index (χ0) is 18.8. The second-order valence-corrected chi connectivity index (χ2v) is 8.69. The van der Waals surface area contributed by atoms with Gasteiger partial charge in [0.1, 0.15) is 0 Å². The van der Waals surface area contributed by atoms with E-state index in [0.29, 0.717) is 18.1 Å². The molecule has 6 rings (SSSR count). The van der Waals surface area contributed by atoms with Gasteiger partial charge in [0, 0.05) is 68.0 Å². The Morgan fingerprint density at radius 1 is 1.00 bits per heavy atom. The van der Waals surface area contributed by atoms with Gasteiger partial charge >= 0.3 is 0 Å². The minimum atomic E-state index is -0.0751. The SMILES string of the molecule is Cn1cc(-c2cc3c(N4CC5CCC(C4)N5C4CC(O)C4)ccnn3c2)cn1. The van der Waals surface area contributed by atoms with Gasteiger partial charge in [0.2, 0.25) is 0 Å². The molecule has 2 saturated heterocycles. The van der Waals surface area contributed by atoms with E-state index in [1.54, 1.807) is 0 Å². The zero-order valence-corrected chi connectivity index (χ0v) is 16.1. The van der Waals surface area contributed by atoms with Crippen LogP contribution in [0.5, 0.6) is 0 Å². The van der Waals surface area contributed by atoms with Crippen molar-refractivity contribution < 1.29 is 5.11 Å². The fourth-order valence-corrected chi connectivity index (χ4v) is 5.53. The molecular formula is C21H26N6O. The van der Waals surface area contributed by atoms with Crippen molar-refractivity contribution in [3.63, 3.8) is 0 Å². The van der Waals surface area contributed by atoms with Crippen molar-refractivity contribution in [2.24, 2.45) is 7.05 Å². The van der Waals surface area contributed by atoms with Crippen molar-refractivity contribution in [1.29, 1.82) is 0 Å². The smallest absolute Gasteiger partial charge is 0.0886 e. The van der Waals surface area contributed by atoms with Crippen LogP contribution in [0, 0.1) is 0 Å². The van der Waals surface area contributed by atoms with Crippen LogP contribution in [0.25, 0.3) is 16.6 Å². The number of nitrogens with zero attached hydrogens (tertiary/aromatic N) is 6. The van der Waals surface area contributed by atoms with Crippen molar-refractivity contribution in [2.45, 2.75) is 49.9 Å². The molecule has 2 aliphatic heterocycles. The Labute approximate surface area is 164 Å². The topological polar surface area (TPSA) is 61.8 Å². The molecule has 7 heteroatoms. The molecular weight excluding hydrogens is 352 g/mol. The van der Waals surface area contributed by atoms with E-state index in [4.69, 9.17) is 0 Å². The number of hydrogen-bond acceptors (Lipinski definition) is 5. The summed E-state index contributed by atoms with van der Waals surface area (Å²) in [5.74, 6) is 0. The molecule has 5 heterocycles. The molecule has 1 N–H and O–H groups in total. The quantitative estimate of drug-likeness (QED) is 0.754. The first-order valence-corrected chi connectivity index (χ1v) is 10.3. The summed E-state index contributed by atoms with van der Waals surface area (Å²) in [4.78, 5) is 5.28. The van der Waals surface area contributed by atoms with Gasteiger partial charge in [-0.2, -0.15) is 10.2 Å². The Morgan fingerprint density at radius 2 is 1.79 bits per heavy atom. The minimum Gasteiger partial charge on any atom is -0.393 e. The lowest BCUT2D eigenvalue weighted by molar-refractivity contribution is -0.0245. The lowest BCUT2D eigenvalue weighted by atomic mass is 9.86. The molecule has 0 spiro atoms. The van der Waals surface area contributed by atoms with Crippen LogP contribution in [0.4, 0.5) is 5.69 Å². The first kappa shape index (κ1) is 16.6. The summed E-state index contributed by atoms with van der Waals surface area (Å²) in [6, 6.07) is 6.20.